The molecule has 2 aliphatic rings. The number of fused-ring (bicyclic) bond motifs is 1. The smallest absolute Gasteiger partial charge is 0.325 e. The molecule has 2 aromatic carbocycles. The molecule has 2 aliphatic heterocycles. The molecule has 3 heterocycles. The molecule has 1 saturated heterocycles. The van der Waals surface area contributed by atoms with E-state index in [1.807, 2.05) is 24.3 Å². The molecule has 1 atom stereocenters. The lowest BCUT2D eigenvalue weighted by Crippen LogP contribution is -2.40. The lowest BCUT2D eigenvalue weighted by Gasteiger charge is -2.25. The summed E-state index contributed by atoms with van der Waals surface area (Å²) in [6.45, 7) is 2.54. The van der Waals surface area contributed by atoms with Crippen LogP contribution in [0.1, 0.15) is 18.2 Å². The van der Waals surface area contributed by atoms with Crippen molar-refractivity contribution in [3.63, 3.8) is 0 Å². The number of methoxy groups -OCH3 is 1. The van der Waals surface area contributed by atoms with Crippen LogP contribution in [0, 0.1) is 0 Å². The second-order valence-electron chi connectivity index (χ2n) is 7.71. The van der Waals surface area contributed by atoms with Gasteiger partial charge in [0.2, 0.25) is 0 Å². The Morgan fingerprint density at radius 1 is 1.06 bits per heavy atom. The molecule has 164 valence electrons. The fraction of sp³-hybridized carbons (Fsp3) is 0.261. The maximum atomic E-state index is 13.3. The van der Waals surface area contributed by atoms with Crippen LogP contribution < -0.4 is 19.5 Å². The quantitative estimate of drug-likeness (QED) is 0.614. The van der Waals surface area contributed by atoms with Gasteiger partial charge in [-0.3, -0.25) is 9.69 Å². The fourth-order valence-electron chi connectivity index (χ4n) is 3.83. The van der Waals surface area contributed by atoms with Crippen LogP contribution in [0.25, 0.3) is 11.3 Å². The highest BCUT2D eigenvalue weighted by Gasteiger charge is 2.49. The van der Waals surface area contributed by atoms with Crippen molar-refractivity contribution < 1.29 is 28.3 Å². The van der Waals surface area contributed by atoms with Crippen LogP contribution in [-0.4, -0.2) is 42.3 Å². The predicted octanol–water partition coefficient (Wildman–Crippen LogP) is 3.09. The van der Waals surface area contributed by atoms with Gasteiger partial charge in [0, 0.05) is 11.6 Å². The lowest BCUT2D eigenvalue weighted by molar-refractivity contribution is -0.131. The molecule has 9 nitrogen and oxygen atoms in total. The topological polar surface area (TPSA) is 103 Å². The average Bonchev–Trinajstić information content (AvgIpc) is 3.38. The van der Waals surface area contributed by atoms with E-state index < -0.39 is 11.6 Å². The van der Waals surface area contributed by atoms with Gasteiger partial charge in [-0.2, -0.15) is 0 Å². The van der Waals surface area contributed by atoms with Crippen LogP contribution in [0.2, 0.25) is 0 Å². The van der Waals surface area contributed by atoms with Gasteiger partial charge in [0.1, 0.15) is 30.2 Å². The Kier molecular flexibility index (Phi) is 4.73. The molecular weight excluding hydrogens is 414 g/mol. The number of imide groups is 1. The van der Waals surface area contributed by atoms with Crippen LogP contribution in [0.15, 0.2) is 53.1 Å². The number of aromatic nitrogens is 1. The third-order valence-electron chi connectivity index (χ3n) is 5.65. The molecule has 32 heavy (non-hydrogen) atoms. The zero-order chi connectivity index (χ0) is 22.3. The van der Waals surface area contributed by atoms with Gasteiger partial charge in [-0.1, -0.05) is 11.2 Å². The molecule has 1 N–H and O–H groups in total. The number of hydrogen-bond donors (Lipinski definition) is 1. The highest BCUT2D eigenvalue weighted by Crippen LogP contribution is 2.37. The summed E-state index contributed by atoms with van der Waals surface area (Å²) in [6.07, 6.45) is 0. The van der Waals surface area contributed by atoms with Crippen LogP contribution in [0.3, 0.4) is 0 Å². The number of rotatable bonds is 5. The van der Waals surface area contributed by atoms with E-state index in [0.29, 0.717) is 41.7 Å². The Labute approximate surface area is 183 Å². The van der Waals surface area contributed by atoms with E-state index in [1.54, 1.807) is 38.3 Å². The van der Waals surface area contributed by atoms with Gasteiger partial charge in [-0.05, 0) is 48.9 Å². The minimum absolute atomic E-state index is 0.0338. The van der Waals surface area contributed by atoms with E-state index in [0.717, 1.165) is 16.2 Å². The second-order valence-corrected chi connectivity index (χ2v) is 7.71. The lowest BCUT2D eigenvalue weighted by atomic mass is 9.91. The van der Waals surface area contributed by atoms with Gasteiger partial charge in [-0.25, -0.2) is 4.79 Å². The van der Waals surface area contributed by atoms with Crippen LogP contribution in [-0.2, 0) is 16.9 Å². The Hall–Kier alpha value is -4.01. The molecule has 0 aliphatic carbocycles. The number of carbonyl (C=O) groups excluding carboxylic acids is 2. The molecule has 0 bridgehead atoms. The summed E-state index contributed by atoms with van der Waals surface area (Å²) in [6, 6.07) is 13.8. The molecule has 3 aromatic rings. The number of benzene rings is 2. The van der Waals surface area contributed by atoms with E-state index in [9.17, 15) is 9.59 Å². The summed E-state index contributed by atoms with van der Waals surface area (Å²) < 4.78 is 21.7. The number of urea groups is 1. The molecule has 0 spiro atoms. The molecule has 5 rings (SSSR count). The maximum absolute atomic E-state index is 13.3. The number of nitrogens with zero attached hydrogens (tertiary/aromatic N) is 2. The minimum atomic E-state index is -1.23. The molecule has 1 aromatic heterocycles. The molecule has 3 amide bonds. The first-order valence-corrected chi connectivity index (χ1v) is 10.1. The average molecular weight is 435 g/mol. The van der Waals surface area contributed by atoms with Crippen LogP contribution >= 0.6 is 0 Å². The van der Waals surface area contributed by atoms with Gasteiger partial charge < -0.3 is 24.1 Å². The third-order valence-corrected chi connectivity index (χ3v) is 5.65. The van der Waals surface area contributed by atoms with E-state index >= 15 is 0 Å². The molecule has 9 heteroatoms. The zero-order valence-electron chi connectivity index (χ0n) is 17.6. The third kappa shape index (κ3) is 3.31. The van der Waals surface area contributed by atoms with Crippen molar-refractivity contribution in [3.05, 3.63) is 59.9 Å². The van der Waals surface area contributed by atoms with Crippen molar-refractivity contribution in [1.29, 1.82) is 0 Å². The Balaban J connectivity index is 1.36. The van der Waals surface area contributed by atoms with Gasteiger partial charge in [-0.15, -0.1) is 0 Å². The molecule has 0 saturated carbocycles. The first kappa shape index (κ1) is 19.9. The van der Waals surface area contributed by atoms with Crippen molar-refractivity contribution >= 4 is 11.9 Å². The number of hydrogen-bond acceptors (Lipinski definition) is 7. The first-order chi connectivity index (χ1) is 15.5. The van der Waals surface area contributed by atoms with E-state index in [4.69, 9.17) is 18.7 Å². The van der Waals surface area contributed by atoms with Gasteiger partial charge in [0.05, 0.1) is 13.7 Å². The zero-order valence-corrected chi connectivity index (χ0v) is 17.6. The fourth-order valence-corrected chi connectivity index (χ4v) is 3.83. The largest absolute Gasteiger partial charge is 0.497 e. The molecule has 1 unspecified atom stereocenters. The standard InChI is InChI=1S/C23H21N3O6/c1-23(15-5-8-19-20(11-15)31-10-9-30-19)21(27)26(22(28)24-23)13-17-12-18(25-32-17)14-3-6-16(29-2)7-4-14/h3-8,11-12H,9-10,13H2,1-2H3,(H,24,28). The SMILES string of the molecule is COc1ccc(-c2cc(CN3C(=O)NC(C)(c4ccc5c(c4)OCCO5)C3=O)on2)cc1. The van der Waals surface area contributed by atoms with Crippen LogP contribution in [0.5, 0.6) is 17.2 Å². The van der Waals surface area contributed by atoms with Gasteiger partial charge >= 0.3 is 6.03 Å². The summed E-state index contributed by atoms with van der Waals surface area (Å²) in [5.41, 5.74) is 0.814. The van der Waals surface area contributed by atoms with E-state index in [1.165, 1.54) is 0 Å². The summed E-state index contributed by atoms with van der Waals surface area (Å²) in [4.78, 5) is 27.0. The Morgan fingerprint density at radius 2 is 1.81 bits per heavy atom. The predicted molar refractivity (Wildman–Crippen MR) is 112 cm³/mol. The normalized spacial score (nSPS) is 19.8. The van der Waals surface area contributed by atoms with Crippen molar-refractivity contribution in [3.8, 4) is 28.5 Å². The molecule has 1 fully saturated rings. The Bertz CT molecular complexity index is 1190. The van der Waals surface area contributed by atoms with Crippen molar-refractivity contribution in [1.82, 2.24) is 15.4 Å². The molecular formula is C23H21N3O6. The molecule has 0 radical (unpaired) electrons. The number of ether oxygens (including phenoxy) is 3. The number of nitrogens with one attached hydrogen (secondary N) is 1. The highest BCUT2D eigenvalue weighted by molar-refractivity contribution is 6.07. The Morgan fingerprint density at radius 3 is 2.56 bits per heavy atom. The number of amides is 3. The van der Waals surface area contributed by atoms with Gasteiger partial charge in [0.15, 0.2) is 17.3 Å². The monoisotopic (exact) mass is 435 g/mol. The van der Waals surface area contributed by atoms with Gasteiger partial charge in [0.25, 0.3) is 5.91 Å². The summed E-state index contributed by atoms with van der Waals surface area (Å²) in [5, 5.41) is 6.85. The van der Waals surface area contributed by atoms with Crippen molar-refractivity contribution in [2.24, 2.45) is 0 Å². The van der Waals surface area contributed by atoms with Crippen molar-refractivity contribution in [2.45, 2.75) is 19.0 Å². The minimum Gasteiger partial charge on any atom is -0.497 e. The highest BCUT2D eigenvalue weighted by atomic mass is 16.6. The van der Waals surface area contributed by atoms with Crippen molar-refractivity contribution in [2.75, 3.05) is 20.3 Å². The first-order valence-electron chi connectivity index (χ1n) is 10.1. The number of carbonyl (C=O) groups is 2. The summed E-state index contributed by atoms with van der Waals surface area (Å²) >= 11 is 0. The summed E-state index contributed by atoms with van der Waals surface area (Å²) in [7, 11) is 1.60. The summed E-state index contributed by atoms with van der Waals surface area (Å²) in [5.74, 6) is 1.90. The second kappa shape index (κ2) is 7.60. The maximum Gasteiger partial charge on any atom is 0.325 e. The van der Waals surface area contributed by atoms with E-state index in [-0.39, 0.29) is 12.5 Å². The van der Waals surface area contributed by atoms with Crippen LogP contribution in [0.4, 0.5) is 4.79 Å². The van der Waals surface area contributed by atoms with E-state index in [2.05, 4.69) is 10.5 Å².